The smallest absolute Gasteiger partial charge is 0.270 e. The summed E-state index contributed by atoms with van der Waals surface area (Å²) in [7, 11) is 0. The minimum Gasteiger partial charge on any atom is -0.357 e. The van der Waals surface area contributed by atoms with Gasteiger partial charge in [-0.3, -0.25) is 4.79 Å². The number of likely N-dealkylation sites (tertiary alicyclic amines) is 1. The van der Waals surface area contributed by atoms with Crippen molar-refractivity contribution in [3.63, 3.8) is 0 Å². The van der Waals surface area contributed by atoms with Crippen molar-refractivity contribution in [2.45, 2.75) is 0 Å². The number of nitrogens with one attached hydrogen (secondary N) is 2. The number of aromatic amines is 1. The SMILES string of the molecule is O=C(c1ccc[nH]1)N1CC2CNCC2C1. The first kappa shape index (κ1) is 8.97. The third-order valence-electron chi connectivity index (χ3n) is 3.51. The van der Waals surface area contributed by atoms with Crippen molar-refractivity contribution in [2.24, 2.45) is 11.8 Å². The fourth-order valence-corrected chi connectivity index (χ4v) is 2.65. The summed E-state index contributed by atoms with van der Waals surface area (Å²) in [5, 5.41) is 3.37. The zero-order valence-electron chi connectivity index (χ0n) is 8.57. The highest BCUT2D eigenvalue weighted by Gasteiger charge is 2.38. The van der Waals surface area contributed by atoms with Gasteiger partial charge in [-0.2, -0.15) is 0 Å². The summed E-state index contributed by atoms with van der Waals surface area (Å²) in [6.45, 7) is 3.96. The van der Waals surface area contributed by atoms with E-state index < -0.39 is 0 Å². The molecule has 1 aromatic rings. The fourth-order valence-electron chi connectivity index (χ4n) is 2.65. The van der Waals surface area contributed by atoms with Gasteiger partial charge in [0.1, 0.15) is 5.69 Å². The van der Waals surface area contributed by atoms with Crippen molar-refractivity contribution < 1.29 is 4.79 Å². The van der Waals surface area contributed by atoms with Crippen LogP contribution >= 0.6 is 0 Å². The van der Waals surface area contributed by atoms with Gasteiger partial charge in [0.15, 0.2) is 0 Å². The number of rotatable bonds is 1. The Balaban J connectivity index is 1.72. The van der Waals surface area contributed by atoms with Gasteiger partial charge in [-0.15, -0.1) is 0 Å². The van der Waals surface area contributed by atoms with Crippen LogP contribution in [0.4, 0.5) is 0 Å². The number of aromatic nitrogens is 1. The molecule has 2 fully saturated rings. The maximum Gasteiger partial charge on any atom is 0.270 e. The van der Waals surface area contributed by atoms with E-state index >= 15 is 0 Å². The van der Waals surface area contributed by atoms with Gasteiger partial charge < -0.3 is 15.2 Å². The van der Waals surface area contributed by atoms with Crippen LogP contribution < -0.4 is 5.32 Å². The predicted octanol–water partition coefficient (Wildman–Crippen LogP) is 0.306. The maximum atomic E-state index is 12.0. The Labute approximate surface area is 88.7 Å². The molecule has 0 bridgehead atoms. The molecule has 3 rings (SSSR count). The first-order valence-electron chi connectivity index (χ1n) is 5.48. The van der Waals surface area contributed by atoms with E-state index in [1.807, 2.05) is 17.0 Å². The van der Waals surface area contributed by atoms with Crippen LogP contribution in [0.3, 0.4) is 0 Å². The second-order valence-electron chi connectivity index (χ2n) is 4.47. The predicted molar refractivity (Wildman–Crippen MR) is 56.5 cm³/mol. The van der Waals surface area contributed by atoms with E-state index in [1.54, 1.807) is 6.20 Å². The molecule has 0 spiro atoms. The lowest BCUT2D eigenvalue weighted by Crippen LogP contribution is -2.32. The molecular weight excluding hydrogens is 190 g/mol. The Bertz CT molecular complexity index is 348. The third-order valence-corrected chi connectivity index (χ3v) is 3.51. The summed E-state index contributed by atoms with van der Waals surface area (Å²) in [5.41, 5.74) is 0.711. The van der Waals surface area contributed by atoms with E-state index in [-0.39, 0.29) is 5.91 Å². The molecule has 2 saturated heterocycles. The average Bonchev–Trinajstić information content (AvgIpc) is 2.92. The molecule has 2 aliphatic rings. The largest absolute Gasteiger partial charge is 0.357 e. The first-order chi connectivity index (χ1) is 7.34. The van der Waals surface area contributed by atoms with Gasteiger partial charge >= 0.3 is 0 Å². The van der Waals surface area contributed by atoms with Crippen LogP contribution in [0.15, 0.2) is 18.3 Å². The zero-order chi connectivity index (χ0) is 10.3. The van der Waals surface area contributed by atoms with Crippen molar-refractivity contribution in [1.82, 2.24) is 15.2 Å². The molecule has 2 unspecified atom stereocenters. The van der Waals surface area contributed by atoms with E-state index in [0.717, 1.165) is 26.2 Å². The Morgan fingerprint density at radius 2 is 2.07 bits per heavy atom. The monoisotopic (exact) mass is 205 g/mol. The lowest BCUT2D eigenvalue weighted by molar-refractivity contribution is 0.0776. The second-order valence-corrected chi connectivity index (χ2v) is 4.47. The molecule has 0 aliphatic carbocycles. The molecule has 15 heavy (non-hydrogen) atoms. The zero-order valence-corrected chi connectivity index (χ0v) is 8.57. The minimum absolute atomic E-state index is 0.148. The molecule has 0 aromatic carbocycles. The van der Waals surface area contributed by atoms with Gasteiger partial charge in [0.05, 0.1) is 0 Å². The summed E-state index contributed by atoms with van der Waals surface area (Å²) in [5.74, 6) is 1.49. The van der Waals surface area contributed by atoms with Gasteiger partial charge in [0.2, 0.25) is 0 Å². The quantitative estimate of drug-likeness (QED) is 0.693. The molecule has 1 amide bonds. The summed E-state index contributed by atoms with van der Waals surface area (Å²) >= 11 is 0. The van der Waals surface area contributed by atoms with Crippen LogP contribution in [0.25, 0.3) is 0 Å². The van der Waals surface area contributed by atoms with Gasteiger partial charge in [-0.1, -0.05) is 0 Å². The lowest BCUT2D eigenvalue weighted by Gasteiger charge is -2.16. The van der Waals surface area contributed by atoms with E-state index in [0.29, 0.717) is 17.5 Å². The van der Waals surface area contributed by atoms with Crippen LogP contribution in [-0.4, -0.2) is 42.0 Å². The van der Waals surface area contributed by atoms with Crippen LogP contribution in [0.1, 0.15) is 10.5 Å². The standard InChI is InChI=1S/C11H15N3O/c15-11(10-2-1-3-13-10)14-6-8-4-12-5-9(8)7-14/h1-3,8-9,12-13H,4-7H2. The Kier molecular flexibility index (Phi) is 2.02. The number of amides is 1. The maximum absolute atomic E-state index is 12.0. The minimum atomic E-state index is 0.148. The number of carbonyl (C=O) groups excluding carboxylic acids is 1. The highest BCUT2D eigenvalue weighted by Crippen LogP contribution is 2.27. The van der Waals surface area contributed by atoms with Crippen molar-refractivity contribution in [1.29, 1.82) is 0 Å². The summed E-state index contributed by atoms with van der Waals surface area (Å²) in [4.78, 5) is 17.0. The van der Waals surface area contributed by atoms with Gasteiger partial charge in [-0.05, 0) is 24.0 Å². The number of H-pyrrole nitrogens is 1. The summed E-state index contributed by atoms with van der Waals surface area (Å²) < 4.78 is 0. The van der Waals surface area contributed by atoms with Crippen LogP contribution in [0.2, 0.25) is 0 Å². The van der Waals surface area contributed by atoms with E-state index in [9.17, 15) is 4.79 Å². The third kappa shape index (κ3) is 1.45. The average molecular weight is 205 g/mol. The molecule has 4 heteroatoms. The van der Waals surface area contributed by atoms with Crippen molar-refractivity contribution in [2.75, 3.05) is 26.2 Å². The number of nitrogens with zero attached hydrogens (tertiary/aromatic N) is 1. The van der Waals surface area contributed by atoms with Gasteiger partial charge in [-0.25, -0.2) is 0 Å². The Hall–Kier alpha value is -1.29. The van der Waals surface area contributed by atoms with Crippen LogP contribution in [0, 0.1) is 11.8 Å². The second kappa shape index (κ2) is 3.38. The molecule has 4 nitrogen and oxygen atoms in total. The van der Waals surface area contributed by atoms with Gasteiger partial charge in [0.25, 0.3) is 5.91 Å². The molecule has 0 radical (unpaired) electrons. The molecule has 2 atom stereocenters. The first-order valence-corrected chi connectivity index (χ1v) is 5.48. The van der Waals surface area contributed by atoms with Crippen LogP contribution in [0.5, 0.6) is 0 Å². The Morgan fingerprint density at radius 3 is 2.67 bits per heavy atom. The van der Waals surface area contributed by atoms with Crippen LogP contribution in [-0.2, 0) is 0 Å². The molecule has 2 aliphatic heterocycles. The Morgan fingerprint density at radius 1 is 1.33 bits per heavy atom. The van der Waals surface area contributed by atoms with Crippen molar-refractivity contribution >= 4 is 5.91 Å². The van der Waals surface area contributed by atoms with Crippen molar-refractivity contribution in [3.8, 4) is 0 Å². The molecule has 0 saturated carbocycles. The molecule has 1 aromatic heterocycles. The fraction of sp³-hybridized carbons (Fsp3) is 0.545. The topological polar surface area (TPSA) is 48.1 Å². The summed E-state index contributed by atoms with van der Waals surface area (Å²) in [6.07, 6.45) is 1.80. The van der Waals surface area contributed by atoms with E-state index in [1.165, 1.54) is 0 Å². The van der Waals surface area contributed by atoms with E-state index in [2.05, 4.69) is 10.3 Å². The van der Waals surface area contributed by atoms with E-state index in [4.69, 9.17) is 0 Å². The molecule has 2 N–H and O–H groups in total. The van der Waals surface area contributed by atoms with Gasteiger partial charge in [0, 0.05) is 32.4 Å². The lowest BCUT2D eigenvalue weighted by atomic mass is 10.0. The highest BCUT2D eigenvalue weighted by atomic mass is 16.2. The van der Waals surface area contributed by atoms with Crippen molar-refractivity contribution in [3.05, 3.63) is 24.0 Å². The molecular formula is C11H15N3O. The number of fused-ring (bicyclic) bond motifs is 1. The molecule has 80 valence electrons. The highest BCUT2D eigenvalue weighted by molar-refractivity contribution is 5.92. The summed E-state index contributed by atoms with van der Waals surface area (Å²) in [6, 6.07) is 3.71. The number of carbonyl (C=O) groups is 1. The normalized spacial score (nSPS) is 29.5. The molecule has 3 heterocycles. The number of hydrogen-bond donors (Lipinski definition) is 2. The number of hydrogen-bond acceptors (Lipinski definition) is 2.